The van der Waals surface area contributed by atoms with Crippen LogP contribution in [0, 0.1) is 22.0 Å². The molecule has 1 aromatic rings. The fourth-order valence-electron chi connectivity index (χ4n) is 4.94. The zero-order valence-corrected chi connectivity index (χ0v) is 12.8. The molecule has 2 heterocycles. The molecule has 0 bridgehead atoms. The second-order valence-corrected chi connectivity index (χ2v) is 6.90. The Kier molecular flexibility index (Phi) is 3.53. The number of nitro groups is 1. The molecule has 5 nitrogen and oxygen atoms in total. The van der Waals surface area contributed by atoms with Crippen LogP contribution in [-0.2, 0) is 0 Å². The number of hydrogen-bond acceptors (Lipinski definition) is 4. The Morgan fingerprint density at radius 3 is 2.55 bits per heavy atom. The second-order valence-electron chi connectivity index (χ2n) is 6.90. The lowest BCUT2D eigenvalue weighted by Crippen LogP contribution is -2.49. The minimum absolute atomic E-state index is 0.177. The highest BCUT2D eigenvalue weighted by atomic mass is 16.6. The molecule has 4 rings (SSSR count). The molecule has 0 amide bonds. The number of anilines is 1. The molecule has 4 unspecified atom stereocenters. The summed E-state index contributed by atoms with van der Waals surface area (Å²) in [5.41, 5.74) is 1.32. The first-order chi connectivity index (χ1) is 10.8. The van der Waals surface area contributed by atoms with E-state index in [1.165, 1.54) is 38.5 Å². The van der Waals surface area contributed by atoms with E-state index in [1.807, 2.05) is 12.1 Å². The summed E-state index contributed by atoms with van der Waals surface area (Å²) in [7, 11) is 0. The molecule has 3 aliphatic rings. The summed E-state index contributed by atoms with van der Waals surface area (Å²) in [5.74, 6) is 1.54. The van der Waals surface area contributed by atoms with E-state index < -0.39 is 0 Å². The van der Waals surface area contributed by atoms with Crippen molar-refractivity contribution < 1.29 is 4.92 Å². The molecule has 1 N–H and O–H groups in total. The Balaban J connectivity index is 1.67. The molecule has 2 aliphatic heterocycles. The summed E-state index contributed by atoms with van der Waals surface area (Å²) in [6.07, 6.45) is 8.29. The molecule has 1 aromatic carbocycles. The number of hydrogen-bond donors (Lipinski definition) is 1. The molecule has 5 heteroatoms. The number of fused-ring (bicyclic) bond motifs is 3. The number of nitro benzene ring substituents is 1. The molecule has 118 valence electrons. The van der Waals surface area contributed by atoms with Crippen molar-refractivity contribution in [3.63, 3.8) is 0 Å². The number of piperidine rings is 1. The number of nitrogens with one attached hydrogen (secondary N) is 1. The van der Waals surface area contributed by atoms with E-state index in [4.69, 9.17) is 0 Å². The molecule has 3 fully saturated rings. The Bertz CT molecular complexity index is 538. The van der Waals surface area contributed by atoms with Gasteiger partial charge in [0.05, 0.1) is 11.1 Å². The standard InChI is InChI=1S/C17H23N3O2/c21-20(22)13-9-7-12(8-10-13)19-16-6-2-1-4-14(16)15-5-3-11-18-17(15)19/h7-10,14-18H,1-6,11H2. The maximum Gasteiger partial charge on any atom is 0.269 e. The maximum absolute atomic E-state index is 10.9. The predicted octanol–water partition coefficient (Wildman–Crippen LogP) is 3.30. The van der Waals surface area contributed by atoms with E-state index in [0.717, 1.165) is 24.1 Å². The molecular formula is C17H23N3O2. The van der Waals surface area contributed by atoms with Gasteiger partial charge in [0.15, 0.2) is 0 Å². The van der Waals surface area contributed by atoms with E-state index in [0.29, 0.717) is 12.2 Å². The number of non-ortho nitro benzene ring substituents is 1. The molecule has 0 aromatic heterocycles. The first-order valence-corrected chi connectivity index (χ1v) is 8.52. The Labute approximate surface area is 130 Å². The van der Waals surface area contributed by atoms with Crippen LogP contribution in [0.3, 0.4) is 0 Å². The van der Waals surface area contributed by atoms with E-state index in [2.05, 4.69) is 10.2 Å². The average molecular weight is 301 g/mol. The molecule has 22 heavy (non-hydrogen) atoms. The van der Waals surface area contributed by atoms with Gasteiger partial charge < -0.3 is 4.90 Å². The SMILES string of the molecule is O=[N+]([O-])c1ccc(N2C3CCCCC3C3CCCNC32)cc1. The van der Waals surface area contributed by atoms with Crippen molar-refractivity contribution >= 4 is 11.4 Å². The van der Waals surface area contributed by atoms with Crippen molar-refractivity contribution in [3.8, 4) is 0 Å². The topological polar surface area (TPSA) is 58.4 Å². The highest BCUT2D eigenvalue weighted by Gasteiger charge is 2.49. The molecular weight excluding hydrogens is 278 g/mol. The zero-order chi connectivity index (χ0) is 15.1. The van der Waals surface area contributed by atoms with Gasteiger partial charge in [0.1, 0.15) is 0 Å². The van der Waals surface area contributed by atoms with Gasteiger partial charge in [-0.3, -0.25) is 15.4 Å². The monoisotopic (exact) mass is 301 g/mol. The van der Waals surface area contributed by atoms with Crippen LogP contribution in [0.4, 0.5) is 11.4 Å². The van der Waals surface area contributed by atoms with Gasteiger partial charge in [0, 0.05) is 23.9 Å². The molecule has 1 saturated carbocycles. The maximum atomic E-state index is 10.9. The third-order valence-corrected chi connectivity index (χ3v) is 5.82. The Hall–Kier alpha value is -1.62. The van der Waals surface area contributed by atoms with Crippen molar-refractivity contribution in [2.45, 2.75) is 50.7 Å². The number of rotatable bonds is 2. The lowest BCUT2D eigenvalue weighted by Gasteiger charge is -2.36. The van der Waals surface area contributed by atoms with Crippen molar-refractivity contribution in [2.75, 3.05) is 11.4 Å². The predicted molar refractivity (Wildman–Crippen MR) is 85.8 cm³/mol. The first kappa shape index (κ1) is 14.0. The Morgan fingerprint density at radius 1 is 1.05 bits per heavy atom. The summed E-state index contributed by atoms with van der Waals surface area (Å²) in [6, 6.07) is 7.76. The van der Waals surface area contributed by atoms with Crippen LogP contribution in [0.1, 0.15) is 38.5 Å². The fourth-order valence-corrected chi connectivity index (χ4v) is 4.94. The van der Waals surface area contributed by atoms with Gasteiger partial charge in [0.2, 0.25) is 0 Å². The summed E-state index contributed by atoms with van der Waals surface area (Å²) in [4.78, 5) is 13.1. The second kappa shape index (κ2) is 5.54. The molecule has 1 aliphatic carbocycles. The summed E-state index contributed by atoms with van der Waals surface area (Å²) < 4.78 is 0. The van der Waals surface area contributed by atoms with Crippen LogP contribution in [0.25, 0.3) is 0 Å². The van der Waals surface area contributed by atoms with Crippen molar-refractivity contribution in [1.29, 1.82) is 0 Å². The lowest BCUT2D eigenvalue weighted by molar-refractivity contribution is -0.384. The van der Waals surface area contributed by atoms with Gasteiger partial charge in [0.25, 0.3) is 5.69 Å². The Morgan fingerprint density at radius 2 is 1.77 bits per heavy atom. The minimum Gasteiger partial charge on any atom is -0.352 e. The fraction of sp³-hybridized carbons (Fsp3) is 0.647. The van der Waals surface area contributed by atoms with Gasteiger partial charge in [-0.2, -0.15) is 0 Å². The van der Waals surface area contributed by atoms with Crippen molar-refractivity contribution in [2.24, 2.45) is 11.8 Å². The molecule has 2 saturated heterocycles. The largest absolute Gasteiger partial charge is 0.352 e. The smallest absolute Gasteiger partial charge is 0.269 e. The summed E-state index contributed by atoms with van der Waals surface area (Å²) >= 11 is 0. The highest BCUT2D eigenvalue weighted by Crippen LogP contribution is 2.47. The zero-order valence-electron chi connectivity index (χ0n) is 12.8. The van der Waals surface area contributed by atoms with E-state index >= 15 is 0 Å². The van der Waals surface area contributed by atoms with Crippen LogP contribution < -0.4 is 10.2 Å². The van der Waals surface area contributed by atoms with Gasteiger partial charge in [-0.15, -0.1) is 0 Å². The van der Waals surface area contributed by atoms with Crippen LogP contribution in [0.5, 0.6) is 0 Å². The van der Waals surface area contributed by atoms with Gasteiger partial charge >= 0.3 is 0 Å². The van der Waals surface area contributed by atoms with E-state index in [1.54, 1.807) is 12.1 Å². The highest BCUT2D eigenvalue weighted by molar-refractivity contribution is 5.54. The minimum atomic E-state index is -0.321. The average Bonchev–Trinajstić information content (AvgIpc) is 2.89. The third-order valence-electron chi connectivity index (χ3n) is 5.82. The van der Waals surface area contributed by atoms with E-state index in [-0.39, 0.29) is 10.6 Å². The van der Waals surface area contributed by atoms with Crippen molar-refractivity contribution in [3.05, 3.63) is 34.4 Å². The van der Waals surface area contributed by atoms with Crippen LogP contribution >= 0.6 is 0 Å². The van der Waals surface area contributed by atoms with Crippen LogP contribution in [0.2, 0.25) is 0 Å². The number of benzene rings is 1. The first-order valence-electron chi connectivity index (χ1n) is 8.52. The van der Waals surface area contributed by atoms with Gasteiger partial charge in [-0.1, -0.05) is 12.8 Å². The molecule has 0 radical (unpaired) electrons. The van der Waals surface area contributed by atoms with Gasteiger partial charge in [-0.05, 0) is 56.2 Å². The lowest BCUT2D eigenvalue weighted by atomic mass is 9.77. The summed E-state index contributed by atoms with van der Waals surface area (Å²) in [5, 5.41) is 14.6. The normalized spacial score (nSPS) is 34.1. The quantitative estimate of drug-likeness (QED) is 0.672. The van der Waals surface area contributed by atoms with Crippen LogP contribution in [0.15, 0.2) is 24.3 Å². The van der Waals surface area contributed by atoms with Crippen molar-refractivity contribution in [1.82, 2.24) is 5.32 Å². The molecule has 0 spiro atoms. The van der Waals surface area contributed by atoms with Crippen LogP contribution in [-0.4, -0.2) is 23.7 Å². The van der Waals surface area contributed by atoms with Gasteiger partial charge in [-0.25, -0.2) is 0 Å². The number of nitrogens with zero attached hydrogens (tertiary/aromatic N) is 2. The third kappa shape index (κ3) is 2.19. The van der Waals surface area contributed by atoms with E-state index in [9.17, 15) is 10.1 Å². The molecule has 4 atom stereocenters. The summed E-state index contributed by atoms with van der Waals surface area (Å²) in [6.45, 7) is 1.09.